The zero-order valence-electron chi connectivity index (χ0n) is 24.1. The number of benzene rings is 6. The zero-order chi connectivity index (χ0) is 30.2. The van der Waals surface area contributed by atoms with Crippen molar-refractivity contribution in [2.45, 2.75) is 0 Å². The van der Waals surface area contributed by atoms with Crippen molar-refractivity contribution in [3.63, 3.8) is 0 Å². The van der Waals surface area contributed by atoms with E-state index in [9.17, 15) is 0 Å². The van der Waals surface area contributed by atoms with Crippen molar-refractivity contribution in [2.75, 3.05) is 0 Å². The molecule has 0 radical (unpaired) electrons. The zero-order valence-corrected chi connectivity index (χ0v) is 24.9. The quantitative estimate of drug-likeness (QED) is 0.187. The minimum atomic E-state index is 0.600. The second kappa shape index (κ2) is 11.3. The lowest BCUT2D eigenvalue weighted by atomic mass is 9.93. The van der Waals surface area contributed by atoms with Crippen LogP contribution in [0.25, 0.3) is 81.4 Å². The largest absolute Gasteiger partial charge is 0.238 e. The average molecular weight is 593 g/mol. The molecule has 0 aliphatic carbocycles. The second-order valence-electron chi connectivity index (χ2n) is 10.7. The minimum absolute atomic E-state index is 0.600. The third-order valence-electron chi connectivity index (χ3n) is 7.99. The number of rotatable bonds is 5. The van der Waals surface area contributed by atoms with Gasteiger partial charge in [-0.1, -0.05) is 127 Å². The molecular weight excluding hydrogens is 569 g/mol. The van der Waals surface area contributed by atoms with Crippen LogP contribution in [0.4, 0.5) is 5.69 Å². The van der Waals surface area contributed by atoms with E-state index in [1.807, 2.05) is 84.9 Å². The molecule has 0 bridgehead atoms. The van der Waals surface area contributed by atoms with Crippen LogP contribution in [-0.2, 0) is 0 Å². The Morgan fingerprint density at radius 3 is 1.78 bits per heavy atom. The Morgan fingerprint density at radius 1 is 0.444 bits per heavy atom. The number of hydrogen-bond donors (Lipinski definition) is 0. The van der Waals surface area contributed by atoms with Crippen LogP contribution >= 0.6 is 11.3 Å². The molecule has 0 aliphatic rings. The predicted molar refractivity (Wildman–Crippen MR) is 186 cm³/mol. The maximum atomic E-state index is 7.50. The highest BCUT2D eigenvalue weighted by Crippen LogP contribution is 2.45. The van der Waals surface area contributed by atoms with Gasteiger partial charge in [-0.3, -0.25) is 0 Å². The van der Waals surface area contributed by atoms with E-state index in [1.54, 1.807) is 11.3 Å². The van der Waals surface area contributed by atoms with Gasteiger partial charge in [-0.15, -0.1) is 11.3 Å². The molecule has 0 amide bonds. The highest BCUT2D eigenvalue weighted by atomic mass is 32.1. The van der Waals surface area contributed by atoms with Crippen molar-refractivity contribution in [3.8, 4) is 56.4 Å². The van der Waals surface area contributed by atoms with Crippen LogP contribution in [0.1, 0.15) is 0 Å². The molecule has 0 N–H and O–H groups in total. The molecule has 0 saturated carbocycles. The van der Waals surface area contributed by atoms with E-state index in [0.717, 1.165) is 44.3 Å². The molecule has 0 spiro atoms. The summed E-state index contributed by atoms with van der Waals surface area (Å²) in [5.41, 5.74) is 7.60. The Morgan fingerprint density at radius 2 is 1.04 bits per heavy atom. The third-order valence-corrected chi connectivity index (χ3v) is 9.13. The van der Waals surface area contributed by atoms with Gasteiger partial charge in [0.25, 0.3) is 0 Å². The Hall–Kier alpha value is -5.96. The molecular formula is C40H24N4S. The summed E-state index contributed by atoms with van der Waals surface area (Å²) in [7, 11) is 0. The first-order valence-corrected chi connectivity index (χ1v) is 15.5. The van der Waals surface area contributed by atoms with Crippen molar-refractivity contribution in [3.05, 3.63) is 157 Å². The highest BCUT2D eigenvalue weighted by Gasteiger charge is 2.21. The van der Waals surface area contributed by atoms with E-state index < -0.39 is 0 Å². The van der Waals surface area contributed by atoms with E-state index >= 15 is 0 Å². The summed E-state index contributed by atoms with van der Waals surface area (Å²) in [6.07, 6.45) is 0. The molecule has 2 heterocycles. The molecule has 8 aromatic rings. The maximum absolute atomic E-state index is 7.50. The molecule has 0 fully saturated rings. The number of aromatic nitrogens is 3. The van der Waals surface area contributed by atoms with Crippen LogP contribution in [0.3, 0.4) is 0 Å². The van der Waals surface area contributed by atoms with Crippen LogP contribution < -0.4 is 0 Å². The van der Waals surface area contributed by atoms with Crippen LogP contribution in [0.5, 0.6) is 0 Å². The molecule has 0 atom stereocenters. The molecule has 6 aromatic carbocycles. The molecule has 0 aliphatic heterocycles. The average Bonchev–Trinajstić information content (AvgIpc) is 3.51. The fraction of sp³-hybridized carbons (Fsp3) is 0. The lowest BCUT2D eigenvalue weighted by molar-refractivity contribution is 1.08. The van der Waals surface area contributed by atoms with Crippen LogP contribution in [0, 0.1) is 6.57 Å². The Kier molecular flexibility index (Phi) is 6.68. The third kappa shape index (κ3) is 4.84. The number of nitrogens with zero attached hydrogens (tertiary/aromatic N) is 4. The predicted octanol–water partition coefficient (Wildman–Crippen LogP) is 11.1. The van der Waals surface area contributed by atoms with Crippen LogP contribution in [-0.4, -0.2) is 15.0 Å². The summed E-state index contributed by atoms with van der Waals surface area (Å²) in [4.78, 5) is 19.0. The summed E-state index contributed by atoms with van der Waals surface area (Å²) in [5.74, 6) is 1.83. The van der Waals surface area contributed by atoms with Crippen LogP contribution in [0.2, 0.25) is 0 Å². The van der Waals surface area contributed by atoms with Gasteiger partial charge in [-0.05, 0) is 34.9 Å². The van der Waals surface area contributed by atoms with E-state index in [-0.39, 0.29) is 0 Å². The number of fused-ring (bicyclic) bond motifs is 3. The molecule has 45 heavy (non-hydrogen) atoms. The van der Waals surface area contributed by atoms with Gasteiger partial charge in [0.2, 0.25) is 0 Å². The van der Waals surface area contributed by atoms with Crippen molar-refractivity contribution >= 4 is 37.2 Å². The standard InChI is InChI=1S/C40H24N4S/c1-41-29-22-20-27(21-23-29)36-33(24-25-35-37(36)32-18-10-11-19-34(32)45-35)40-43-38(28-14-6-3-7-15-28)42-39(44-40)31-17-9-8-16-30(31)26-12-4-2-5-13-26/h2-25H. The van der Waals surface area contributed by atoms with Gasteiger partial charge in [0, 0.05) is 42.4 Å². The van der Waals surface area contributed by atoms with Gasteiger partial charge < -0.3 is 0 Å². The van der Waals surface area contributed by atoms with E-state index in [4.69, 9.17) is 21.5 Å². The van der Waals surface area contributed by atoms with Gasteiger partial charge in [0.1, 0.15) is 0 Å². The van der Waals surface area contributed by atoms with E-state index in [2.05, 4.69) is 65.5 Å². The van der Waals surface area contributed by atoms with E-state index in [1.165, 1.54) is 14.8 Å². The normalized spacial score (nSPS) is 11.1. The SMILES string of the molecule is [C-]#[N+]c1ccc(-c2c(-c3nc(-c4ccccc4)nc(-c4ccccc4-c4ccccc4)n3)ccc3sc4ccccc4c23)cc1. The summed E-state index contributed by atoms with van der Waals surface area (Å²) < 4.78 is 2.41. The molecule has 0 unspecified atom stereocenters. The van der Waals surface area contributed by atoms with Crippen molar-refractivity contribution in [1.82, 2.24) is 15.0 Å². The Labute approximate surface area is 264 Å². The first-order valence-electron chi connectivity index (χ1n) is 14.7. The monoisotopic (exact) mass is 592 g/mol. The van der Waals surface area contributed by atoms with Gasteiger partial charge in [0.15, 0.2) is 23.2 Å². The molecule has 8 rings (SSSR count). The highest BCUT2D eigenvalue weighted by molar-refractivity contribution is 7.26. The molecule has 5 heteroatoms. The van der Waals surface area contributed by atoms with Crippen molar-refractivity contribution < 1.29 is 0 Å². The first-order chi connectivity index (χ1) is 22.3. The lowest BCUT2D eigenvalue weighted by Crippen LogP contribution is -2.02. The number of thiophene rings is 1. The van der Waals surface area contributed by atoms with Crippen molar-refractivity contribution in [2.24, 2.45) is 0 Å². The van der Waals surface area contributed by atoms with Gasteiger partial charge >= 0.3 is 0 Å². The number of hydrogen-bond acceptors (Lipinski definition) is 4. The fourth-order valence-corrected chi connectivity index (χ4v) is 7.00. The van der Waals surface area contributed by atoms with Gasteiger partial charge in [-0.2, -0.15) is 0 Å². The molecule has 2 aromatic heterocycles. The summed E-state index contributed by atoms with van der Waals surface area (Å²) >= 11 is 1.78. The fourth-order valence-electron chi connectivity index (χ4n) is 5.89. The Balaban J connectivity index is 1.44. The lowest BCUT2D eigenvalue weighted by Gasteiger charge is -2.15. The van der Waals surface area contributed by atoms with Gasteiger partial charge in [-0.25, -0.2) is 19.8 Å². The molecule has 0 saturated heterocycles. The first kappa shape index (κ1) is 26.7. The topological polar surface area (TPSA) is 43.0 Å². The summed E-state index contributed by atoms with van der Waals surface area (Å²) in [6.45, 7) is 7.50. The van der Waals surface area contributed by atoms with Crippen molar-refractivity contribution in [1.29, 1.82) is 0 Å². The van der Waals surface area contributed by atoms with Crippen LogP contribution in [0.15, 0.2) is 146 Å². The molecule has 210 valence electrons. The second-order valence-corrected chi connectivity index (χ2v) is 11.8. The molecule has 4 nitrogen and oxygen atoms in total. The Bertz CT molecular complexity index is 2370. The van der Waals surface area contributed by atoms with Gasteiger partial charge in [0.05, 0.1) is 6.57 Å². The summed E-state index contributed by atoms with van der Waals surface area (Å²) in [6, 6.07) is 49.3. The smallest absolute Gasteiger partial charge is 0.187 e. The minimum Gasteiger partial charge on any atom is -0.238 e. The maximum Gasteiger partial charge on any atom is 0.187 e. The summed E-state index contributed by atoms with van der Waals surface area (Å²) in [5, 5.41) is 2.35. The van der Waals surface area contributed by atoms with E-state index in [0.29, 0.717) is 23.2 Å².